The quantitative estimate of drug-likeness (QED) is 0.112. The Balaban J connectivity index is 0.000000152. The van der Waals surface area contributed by atoms with Crippen LogP contribution in [-0.4, -0.2) is 61.2 Å². The molecule has 0 spiro atoms. The normalized spacial score (nSPS) is 37.8. The number of rotatable bonds is 8. The van der Waals surface area contributed by atoms with Gasteiger partial charge in [-0.05, 0) is 299 Å². The number of phenols is 3. The van der Waals surface area contributed by atoms with Crippen molar-refractivity contribution in [3.05, 3.63) is 110 Å². The van der Waals surface area contributed by atoms with Crippen LogP contribution in [0.1, 0.15) is 224 Å². The lowest BCUT2D eigenvalue weighted by Crippen LogP contribution is -2.37. The van der Waals surface area contributed by atoms with Gasteiger partial charge in [0.05, 0.1) is 35.6 Å². The van der Waals surface area contributed by atoms with Gasteiger partial charge in [-0.2, -0.15) is 0 Å². The van der Waals surface area contributed by atoms with Crippen LogP contribution >= 0.6 is 0 Å². The highest BCUT2D eigenvalue weighted by molar-refractivity contribution is 5.47. The fourth-order valence-electron chi connectivity index (χ4n) is 18.1. The summed E-state index contributed by atoms with van der Waals surface area (Å²) in [6.45, 7) is 39.0. The number of para-hydroxylation sites is 1. The highest BCUT2D eigenvalue weighted by atomic mass is 16.6. The average Bonchev–Trinajstić information content (AvgIpc) is 3.10. The smallest absolute Gasteiger partial charge is 0.121 e. The van der Waals surface area contributed by atoms with Crippen LogP contribution in [0.2, 0.25) is 0 Å². The van der Waals surface area contributed by atoms with Crippen molar-refractivity contribution in [2.45, 2.75) is 263 Å². The third-order valence-corrected chi connectivity index (χ3v) is 21.6. The first-order valence-corrected chi connectivity index (χ1v) is 33.3. The number of aryl methyl sites for hydroxylation is 6. The molecule has 5 N–H and O–H groups in total. The van der Waals surface area contributed by atoms with Crippen LogP contribution in [0.25, 0.3) is 0 Å². The summed E-state index contributed by atoms with van der Waals surface area (Å²) in [5.41, 5.74) is 11.6. The molecule has 3 aromatic carbocycles. The van der Waals surface area contributed by atoms with E-state index in [4.69, 9.17) is 9.47 Å². The van der Waals surface area contributed by atoms with Gasteiger partial charge in [-0.1, -0.05) is 121 Å². The van der Waals surface area contributed by atoms with Crippen molar-refractivity contribution < 1.29 is 35.0 Å². The SMILES string of the molecule is CC1=CC(C)CC(CC2CC(C)=CC(C)C2)C1.CC1CC(CC2CC(C)C(O)C(C)C2)CC(C)C1O.CC1CC(CC2CC(C)C3OC3(C)C2)CC2(C)OC12.Cc1cc(Cc2cc(C)c(O)c(C)c2)cc(C)c1O.Cc1cccc(C)c1O. The van der Waals surface area contributed by atoms with Crippen LogP contribution in [0.3, 0.4) is 0 Å². The fraction of sp³-hybridized carbons (Fsp3) is 0.711. The summed E-state index contributed by atoms with van der Waals surface area (Å²) in [5.74, 6) is 11.4. The van der Waals surface area contributed by atoms with Crippen molar-refractivity contribution >= 4 is 0 Å². The molecule has 2 saturated heterocycles. The molecule has 6 fully saturated rings. The maximum absolute atomic E-state index is 10.1. The van der Waals surface area contributed by atoms with Crippen molar-refractivity contribution in [2.24, 2.45) is 82.9 Å². The predicted octanol–water partition coefficient (Wildman–Crippen LogP) is 18.5. The Morgan fingerprint density at radius 3 is 1.02 bits per heavy atom. The Bertz CT molecular complexity index is 2420. The number of aliphatic hydroxyl groups excluding tert-OH is 2. The summed E-state index contributed by atoms with van der Waals surface area (Å²) in [6.07, 6.45) is 26.6. The largest absolute Gasteiger partial charge is 0.507 e. The van der Waals surface area contributed by atoms with Crippen molar-refractivity contribution in [3.8, 4) is 17.2 Å². The first kappa shape index (κ1) is 66.9. The molecule has 16 unspecified atom stereocenters. The first-order valence-electron chi connectivity index (χ1n) is 33.3. The van der Waals surface area contributed by atoms with E-state index in [0.717, 1.165) is 99.0 Å². The van der Waals surface area contributed by atoms with Crippen molar-refractivity contribution in [1.29, 1.82) is 0 Å². The van der Waals surface area contributed by atoms with Gasteiger partial charge in [-0.25, -0.2) is 0 Å². The van der Waals surface area contributed by atoms with E-state index in [2.05, 4.69) is 95.2 Å². The zero-order valence-electron chi connectivity index (χ0n) is 55.5. The number of benzene rings is 3. The third kappa shape index (κ3) is 18.2. The molecule has 7 nitrogen and oxygen atoms in total. The van der Waals surface area contributed by atoms with Gasteiger partial charge >= 0.3 is 0 Å². The number of fused-ring (bicyclic) bond motifs is 2. The lowest BCUT2D eigenvalue weighted by atomic mass is 9.67. The average molecular weight is 1140 g/mol. The molecule has 0 radical (unpaired) electrons. The summed E-state index contributed by atoms with van der Waals surface area (Å²) < 4.78 is 11.9. The Labute approximate surface area is 506 Å². The Hall–Kier alpha value is -3.62. The number of aliphatic hydroxyl groups is 2. The maximum Gasteiger partial charge on any atom is 0.121 e. The molecular formula is C76H118O7. The van der Waals surface area contributed by atoms with Crippen LogP contribution in [-0.2, 0) is 15.9 Å². The molecule has 0 aromatic heterocycles. The third-order valence-electron chi connectivity index (χ3n) is 21.6. The van der Waals surface area contributed by atoms with Crippen molar-refractivity contribution in [2.75, 3.05) is 0 Å². The van der Waals surface area contributed by atoms with Gasteiger partial charge < -0.3 is 35.0 Å². The van der Waals surface area contributed by atoms with E-state index in [0.29, 0.717) is 53.1 Å². The molecule has 16 atom stereocenters. The Morgan fingerprint density at radius 2 is 0.711 bits per heavy atom. The number of phenolic OH excluding ortho intramolecular Hbond substituents is 3. The minimum atomic E-state index is -0.0951. The highest BCUT2D eigenvalue weighted by Gasteiger charge is 2.61. The number of epoxide rings is 2. The first-order chi connectivity index (χ1) is 38.9. The fourth-order valence-corrected chi connectivity index (χ4v) is 18.1. The molecule has 3 aromatic rings. The van der Waals surface area contributed by atoms with E-state index in [1.807, 2.05) is 84.0 Å². The molecule has 0 amide bonds. The maximum atomic E-state index is 10.1. The van der Waals surface area contributed by atoms with Gasteiger partial charge in [0, 0.05) is 0 Å². The minimum absolute atomic E-state index is 0.0951. The zero-order valence-corrected chi connectivity index (χ0v) is 55.5. The highest BCUT2D eigenvalue weighted by Crippen LogP contribution is 2.57. The minimum Gasteiger partial charge on any atom is -0.507 e. The standard InChI is InChI=1S/C17H28O2.C17H32O2.C17H20O2.C17H28.C8H10O/c1-10-5-12(8-16(3)14(10)18-16)7-13-6-11(2)15-17(4,9-13)19-15;2*1-10-5-14(6-11(2)16(10)18)9-15-7-12(3)17(19)13(4)8-15;1-12-5-13(2)8-16(7-12)11-17-9-14(3)6-15(4)10-17;1-6-4-3-5-7(2)8(6)9/h10-15H,5-9H2,1-4H3;10-19H,5-9H2,1-4H3;5-8,18-19H,9H2,1-4H3;5-6,12,14,16-17H,7-11H2,1-4H3;3-5,9H,1-2H3. The number of allylic oxidation sites excluding steroid dienone is 4. The van der Waals surface area contributed by atoms with Crippen molar-refractivity contribution in [3.63, 3.8) is 0 Å². The lowest BCUT2D eigenvalue weighted by Gasteiger charge is -2.41. The van der Waals surface area contributed by atoms with E-state index in [-0.39, 0.29) is 23.4 Å². The van der Waals surface area contributed by atoms with Crippen LogP contribution in [0, 0.1) is 124 Å². The van der Waals surface area contributed by atoms with Gasteiger partial charge in [0.15, 0.2) is 0 Å². The molecular weight excluding hydrogens is 1020 g/mol. The second-order valence-corrected chi connectivity index (χ2v) is 30.7. The molecule has 0 bridgehead atoms. The van der Waals surface area contributed by atoms with E-state index < -0.39 is 0 Å². The van der Waals surface area contributed by atoms with E-state index in [1.165, 1.54) is 107 Å². The monoisotopic (exact) mass is 1140 g/mol. The molecule has 4 saturated carbocycles. The summed E-state index contributed by atoms with van der Waals surface area (Å²) in [4.78, 5) is 0. The predicted molar refractivity (Wildman–Crippen MR) is 345 cm³/mol. The molecule has 8 aliphatic rings. The number of hydrogen-bond acceptors (Lipinski definition) is 7. The van der Waals surface area contributed by atoms with Gasteiger partial charge in [0.25, 0.3) is 0 Å². The zero-order chi connectivity index (χ0) is 61.0. The molecule has 464 valence electrons. The number of aromatic hydroxyl groups is 3. The molecule has 2 aliphatic heterocycles. The lowest BCUT2D eigenvalue weighted by molar-refractivity contribution is -0.0140. The summed E-state index contributed by atoms with van der Waals surface area (Å²) in [5, 5.41) is 48.9. The summed E-state index contributed by atoms with van der Waals surface area (Å²) >= 11 is 0. The molecule has 7 heteroatoms. The number of ether oxygens (including phenoxy) is 2. The molecule has 83 heavy (non-hydrogen) atoms. The van der Waals surface area contributed by atoms with Crippen LogP contribution in [0.5, 0.6) is 17.2 Å². The van der Waals surface area contributed by atoms with Crippen molar-refractivity contribution in [1.82, 2.24) is 0 Å². The van der Waals surface area contributed by atoms with Crippen LogP contribution in [0.15, 0.2) is 65.8 Å². The van der Waals surface area contributed by atoms with Gasteiger partial charge in [0.2, 0.25) is 0 Å². The number of hydrogen-bond donors (Lipinski definition) is 5. The summed E-state index contributed by atoms with van der Waals surface area (Å²) in [7, 11) is 0. The van der Waals surface area contributed by atoms with E-state index in [1.54, 1.807) is 11.1 Å². The van der Waals surface area contributed by atoms with E-state index >= 15 is 0 Å². The van der Waals surface area contributed by atoms with Gasteiger partial charge in [-0.3, -0.25) is 0 Å². The van der Waals surface area contributed by atoms with Gasteiger partial charge in [-0.15, -0.1) is 0 Å². The second kappa shape index (κ2) is 28.5. The molecule has 11 rings (SSSR count). The Kier molecular flexibility index (Phi) is 23.0. The second-order valence-electron chi connectivity index (χ2n) is 30.7. The molecule has 6 aliphatic carbocycles. The van der Waals surface area contributed by atoms with Gasteiger partial charge in [0.1, 0.15) is 17.2 Å². The summed E-state index contributed by atoms with van der Waals surface area (Å²) in [6, 6.07) is 13.8. The topological polar surface area (TPSA) is 126 Å². The van der Waals surface area contributed by atoms with Crippen LogP contribution in [0.4, 0.5) is 0 Å². The van der Waals surface area contributed by atoms with E-state index in [9.17, 15) is 25.5 Å². The Morgan fingerprint density at radius 1 is 0.410 bits per heavy atom. The molecule has 2 heterocycles. The van der Waals surface area contributed by atoms with Crippen LogP contribution < -0.4 is 0 Å².